The van der Waals surface area contributed by atoms with Gasteiger partial charge in [-0.3, -0.25) is 9.59 Å². The number of carbonyl (C=O) groups is 2. The van der Waals surface area contributed by atoms with Gasteiger partial charge in [0.25, 0.3) is 0 Å². The normalized spacial score (nSPS) is 16.6. The molecule has 0 radical (unpaired) electrons. The van der Waals surface area contributed by atoms with Crippen molar-refractivity contribution in [3.63, 3.8) is 0 Å². The molecule has 0 bridgehead atoms. The van der Waals surface area contributed by atoms with Gasteiger partial charge in [0.05, 0.1) is 13.0 Å². The summed E-state index contributed by atoms with van der Waals surface area (Å²) in [4.78, 5) is 26.3. The van der Waals surface area contributed by atoms with Crippen LogP contribution in [0.3, 0.4) is 0 Å². The van der Waals surface area contributed by atoms with E-state index in [1.54, 1.807) is 12.0 Å². The standard InChI is InChI=1S/C21H24N2O3/c1-26-19-11-9-18(10-12-19)23-15-17(14-20(23)24)21(25)22-13-5-8-16-6-3-2-4-7-16/h2-4,6-7,9-12,17H,5,8,13-15H2,1H3,(H,22,25)/t17-/m0/s1. The van der Waals surface area contributed by atoms with E-state index in [2.05, 4.69) is 17.4 Å². The molecule has 1 atom stereocenters. The molecular formula is C21H24N2O3. The average Bonchev–Trinajstić information content (AvgIpc) is 3.08. The first-order valence-electron chi connectivity index (χ1n) is 8.93. The lowest BCUT2D eigenvalue weighted by Crippen LogP contribution is -2.33. The summed E-state index contributed by atoms with van der Waals surface area (Å²) in [5.41, 5.74) is 2.07. The summed E-state index contributed by atoms with van der Waals surface area (Å²) in [6.07, 6.45) is 2.08. The average molecular weight is 352 g/mol. The van der Waals surface area contributed by atoms with E-state index in [0.29, 0.717) is 13.1 Å². The summed E-state index contributed by atoms with van der Waals surface area (Å²) in [5, 5.41) is 2.97. The lowest BCUT2D eigenvalue weighted by atomic mass is 10.1. The maximum absolute atomic E-state index is 12.4. The second-order valence-corrected chi connectivity index (χ2v) is 6.48. The van der Waals surface area contributed by atoms with Crippen molar-refractivity contribution in [2.75, 3.05) is 25.1 Å². The van der Waals surface area contributed by atoms with Gasteiger partial charge in [-0.15, -0.1) is 0 Å². The van der Waals surface area contributed by atoms with Crippen molar-refractivity contribution >= 4 is 17.5 Å². The molecule has 1 aliphatic heterocycles. The van der Waals surface area contributed by atoms with E-state index in [4.69, 9.17) is 4.74 Å². The van der Waals surface area contributed by atoms with Crippen molar-refractivity contribution in [2.24, 2.45) is 5.92 Å². The molecule has 136 valence electrons. The Labute approximate surface area is 154 Å². The monoisotopic (exact) mass is 352 g/mol. The van der Waals surface area contributed by atoms with E-state index in [0.717, 1.165) is 24.3 Å². The Bertz CT molecular complexity index is 744. The van der Waals surface area contributed by atoms with Crippen LogP contribution in [0.25, 0.3) is 0 Å². The molecule has 0 unspecified atom stereocenters. The van der Waals surface area contributed by atoms with Crippen molar-refractivity contribution < 1.29 is 14.3 Å². The van der Waals surface area contributed by atoms with Crippen molar-refractivity contribution in [2.45, 2.75) is 19.3 Å². The number of nitrogens with zero attached hydrogens (tertiary/aromatic N) is 1. The van der Waals surface area contributed by atoms with Gasteiger partial charge in [-0.2, -0.15) is 0 Å². The van der Waals surface area contributed by atoms with Crippen LogP contribution in [0.1, 0.15) is 18.4 Å². The molecule has 5 heteroatoms. The van der Waals surface area contributed by atoms with E-state index >= 15 is 0 Å². The molecule has 1 fully saturated rings. The Morgan fingerprint density at radius 2 is 1.88 bits per heavy atom. The number of carbonyl (C=O) groups excluding carboxylic acids is 2. The Morgan fingerprint density at radius 3 is 2.58 bits per heavy atom. The highest BCUT2D eigenvalue weighted by Crippen LogP contribution is 2.26. The molecule has 2 aromatic carbocycles. The summed E-state index contributed by atoms with van der Waals surface area (Å²) in [5.74, 6) is 0.399. The first-order valence-corrected chi connectivity index (χ1v) is 8.93. The maximum atomic E-state index is 12.4. The molecule has 0 aromatic heterocycles. The van der Waals surface area contributed by atoms with Crippen LogP contribution < -0.4 is 15.0 Å². The van der Waals surface area contributed by atoms with E-state index in [9.17, 15) is 9.59 Å². The minimum atomic E-state index is -0.290. The van der Waals surface area contributed by atoms with Crippen LogP contribution in [0.5, 0.6) is 5.75 Å². The van der Waals surface area contributed by atoms with Gasteiger partial charge in [0.1, 0.15) is 5.75 Å². The molecule has 2 aromatic rings. The molecule has 0 saturated carbocycles. The largest absolute Gasteiger partial charge is 0.497 e. The Morgan fingerprint density at radius 1 is 1.15 bits per heavy atom. The SMILES string of the molecule is COc1ccc(N2C[C@@H](C(=O)NCCCc3ccccc3)CC2=O)cc1. The van der Waals surface area contributed by atoms with E-state index in [1.807, 2.05) is 42.5 Å². The first-order chi connectivity index (χ1) is 12.7. The summed E-state index contributed by atoms with van der Waals surface area (Å²) in [6.45, 7) is 1.05. The van der Waals surface area contributed by atoms with Gasteiger partial charge in [-0.25, -0.2) is 0 Å². The number of nitrogens with one attached hydrogen (secondary N) is 1. The number of methoxy groups -OCH3 is 1. The van der Waals surface area contributed by atoms with Crippen molar-refractivity contribution in [1.29, 1.82) is 0 Å². The van der Waals surface area contributed by atoms with Gasteiger partial charge in [0.15, 0.2) is 0 Å². The molecular weight excluding hydrogens is 328 g/mol. The van der Waals surface area contributed by atoms with Gasteiger partial charge in [0, 0.05) is 25.2 Å². The quantitative estimate of drug-likeness (QED) is 0.780. The minimum Gasteiger partial charge on any atom is -0.497 e. The van der Waals surface area contributed by atoms with E-state index in [1.165, 1.54) is 5.56 Å². The summed E-state index contributed by atoms with van der Waals surface area (Å²) >= 11 is 0. The molecule has 26 heavy (non-hydrogen) atoms. The number of hydrogen-bond donors (Lipinski definition) is 1. The van der Waals surface area contributed by atoms with E-state index < -0.39 is 0 Å². The third-order valence-electron chi connectivity index (χ3n) is 4.66. The number of anilines is 1. The highest BCUT2D eigenvalue weighted by Gasteiger charge is 2.34. The topological polar surface area (TPSA) is 58.6 Å². The highest BCUT2D eigenvalue weighted by molar-refractivity contribution is 6.00. The van der Waals surface area contributed by atoms with Crippen molar-refractivity contribution in [1.82, 2.24) is 5.32 Å². The van der Waals surface area contributed by atoms with Crippen LogP contribution in [-0.4, -0.2) is 32.0 Å². The fourth-order valence-electron chi connectivity index (χ4n) is 3.19. The molecule has 5 nitrogen and oxygen atoms in total. The number of aryl methyl sites for hydroxylation is 1. The maximum Gasteiger partial charge on any atom is 0.227 e. The molecule has 0 spiro atoms. The first kappa shape index (κ1) is 18.0. The molecule has 0 aliphatic carbocycles. The fourth-order valence-corrected chi connectivity index (χ4v) is 3.19. The third kappa shape index (κ3) is 4.42. The summed E-state index contributed by atoms with van der Waals surface area (Å²) in [6, 6.07) is 17.5. The van der Waals surface area contributed by atoms with Gasteiger partial charge in [-0.1, -0.05) is 30.3 Å². The lowest BCUT2D eigenvalue weighted by Gasteiger charge is -2.17. The van der Waals surface area contributed by atoms with Gasteiger partial charge >= 0.3 is 0 Å². The Kier molecular flexibility index (Phi) is 5.89. The van der Waals surface area contributed by atoms with Crippen molar-refractivity contribution in [3.8, 4) is 5.75 Å². The fraction of sp³-hybridized carbons (Fsp3) is 0.333. The summed E-state index contributed by atoms with van der Waals surface area (Å²) in [7, 11) is 1.61. The smallest absolute Gasteiger partial charge is 0.227 e. The second-order valence-electron chi connectivity index (χ2n) is 6.48. The van der Waals surface area contributed by atoms with Crippen LogP contribution in [0.15, 0.2) is 54.6 Å². The predicted molar refractivity (Wildman–Crippen MR) is 101 cm³/mol. The van der Waals surface area contributed by atoms with Crippen LogP contribution in [-0.2, 0) is 16.0 Å². The Hall–Kier alpha value is -2.82. The van der Waals surface area contributed by atoms with Gasteiger partial charge in [0.2, 0.25) is 11.8 Å². The van der Waals surface area contributed by atoms with Crippen LogP contribution in [0.4, 0.5) is 5.69 Å². The number of benzene rings is 2. The molecule has 1 heterocycles. The number of hydrogen-bond acceptors (Lipinski definition) is 3. The minimum absolute atomic E-state index is 0.0143. The second kappa shape index (κ2) is 8.52. The summed E-state index contributed by atoms with van der Waals surface area (Å²) < 4.78 is 5.14. The van der Waals surface area contributed by atoms with Gasteiger partial charge in [-0.05, 0) is 42.7 Å². The number of ether oxygens (including phenoxy) is 1. The number of rotatable bonds is 7. The van der Waals surface area contributed by atoms with Crippen LogP contribution in [0.2, 0.25) is 0 Å². The van der Waals surface area contributed by atoms with Crippen LogP contribution >= 0.6 is 0 Å². The predicted octanol–water partition coefficient (Wildman–Crippen LogP) is 2.80. The zero-order valence-electron chi connectivity index (χ0n) is 15.0. The zero-order chi connectivity index (χ0) is 18.4. The van der Waals surface area contributed by atoms with Crippen molar-refractivity contribution in [3.05, 3.63) is 60.2 Å². The van der Waals surface area contributed by atoms with Crippen LogP contribution in [0, 0.1) is 5.92 Å². The molecule has 2 amide bonds. The molecule has 3 rings (SSSR count). The lowest BCUT2D eigenvalue weighted by molar-refractivity contribution is -0.126. The molecule has 1 saturated heterocycles. The third-order valence-corrected chi connectivity index (χ3v) is 4.66. The van der Waals surface area contributed by atoms with E-state index in [-0.39, 0.29) is 24.2 Å². The molecule has 1 N–H and O–H groups in total. The zero-order valence-corrected chi connectivity index (χ0v) is 15.0. The Balaban J connectivity index is 1.47. The number of amides is 2. The highest BCUT2D eigenvalue weighted by atomic mass is 16.5. The molecule has 1 aliphatic rings. The van der Waals surface area contributed by atoms with Gasteiger partial charge < -0.3 is 15.0 Å².